The Morgan fingerprint density at radius 1 is 0.525 bits per heavy atom. The van der Waals surface area contributed by atoms with Gasteiger partial charge < -0.3 is 20.3 Å². The lowest BCUT2D eigenvalue weighted by atomic mass is 10.0. The average Bonchev–Trinajstić information content (AvgIpc) is 3.23. The highest BCUT2D eigenvalue weighted by Gasteiger charge is 2.24. The Bertz CT molecular complexity index is 1190. The number of ether oxygens (including phenoxy) is 1. The summed E-state index contributed by atoms with van der Waals surface area (Å²) in [4.78, 5) is 26.0. The van der Waals surface area contributed by atoms with Crippen LogP contribution >= 0.6 is 0 Å². The van der Waals surface area contributed by atoms with Crippen molar-refractivity contribution in [1.82, 2.24) is 5.32 Å². The number of esters is 1. The van der Waals surface area contributed by atoms with Crippen LogP contribution in [0, 0.1) is 0 Å². The minimum atomic E-state index is -0.814. The molecule has 0 bridgehead atoms. The van der Waals surface area contributed by atoms with Crippen LogP contribution in [0.5, 0.6) is 0 Å². The van der Waals surface area contributed by atoms with E-state index in [-0.39, 0.29) is 24.9 Å². The summed E-state index contributed by atoms with van der Waals surface area (Å²) in [6.45, 7) is 6.25. The highest BCUT2D eigenvalue weighted by Crippen LogP contribution is 2.16. The van der Waals surface area contributed by atoms with Crippen molar-refractivity contribution in [3.05, 3.63) is 97.2 Å². The second-order valence-corrected chi connectivity index (χ2v) is 15.9. The van der Waals surface area contributed by atoms with Crippen molar-refractivity contribution in [2.24, 2.45) is 0 Å². The number of hydrogen-bond donors (Lipinski definition) is 3. The Balaban J connectivity index is 4.75. The predicted octanol–water partition coefficient (Wildman–Crippen LogP) is 14.2. The van der Waals surface area contributed by atoms with E-state index in [0.717, 1.165) is 83.5 Å². The monoisotopic (exact) mass is 820 g/mol. The standard InChI is InChI=1S/C53H89NO5/c1-4-7-10-13-16-19-22-24-25-26-27-29-31-34-37-40-43-46-53(58)59-49(44-41-38-35-32-30-28-23-20-17-14-11-8-5-2)47-52(57)54-50(48-55)51(56)45-42-39-36-33-21-18-15-12-9-6-3/h8,11,14,16-17,19-20,23-25,27-30,32,35,49-51,55-56H,4-7,9-10,12-13,15,18,21-22,26,31,33-34,36-48H2,1-3H3,(H,54,57)/b11-8+,17-14+,19-16-,23-20-,25-24-,29-27-,30-28-,35-32+. The van der Waals surface area contributed by atoms with E-state index in [1.54, 1.807) is 0 Å². The zero-order valence-corrected chi connectivity index (χ0v) is 38.1. The van der Waals surface area contributed by atoms with Gasteiger partial charge in [0.2, 0.25) is 5.91 Å². The van der Waals surface area contributed by atoms with Crippen molar-refractivity contribution in [3.63, 3.8) is 0 Å². The van der Waals surface area contributed by atoms with Crippen LogP contribution in [0.25, 0.3) is 0 Å². The number of allylic oxidation sites excluding steroid dienone is 16. The lowest BCUT2D eigenvalue weighted by Gasteiger charge is -2.24. The first-order valence-corrected chi connectivity index (χ1v) is 24.0. The maximum atomic E-state index is 13.1. The molecular formula is C53H89NO5. The third-order valence-electron chi connectivity index (χ3n) is 10.3. The molecular weight excluding hydrogens is 731 g/mol. The van der Waals surface area contributed by atoms with Crippen LogP contribution in [0.15, 0.2) is 97.2 Å². The second kappa shape index (κ2) is 45.9. The van der Waals surface area contributed by atoms with E-state index in [1.807, 2.05) is 48.6 Å². The molecule has 0 heterocycles. The summed E-state index contributed by atoms with van der Waals surface area (Å²) in [5.74, 6) is -0.582. The molecule has 0 saturated heterocycles. The average molecular weight is 820 g/mol. The van der Waals surface area contributed by atoms with Crippen molar-refractivity contribution in [1.29, 1.82) is 0 Å². The van der Waals surface area contributed by atoms with E-state index >= 15 is 0 Å². The molecule has 0 aliphatic rings. The van der Waals surface area contributed by atoms with Gasteiger partial charge in [-0.25, -0.2) is 0 Å². The van der Waals surface area contributed by atoms with Crippen molar-refractivity contribution in [2.45, 2.75) is 219 Å². The minimum Gasteiger partial charge on any atom is -0.462 e. The fraction of sp³-hybridized carbons (Fsp3) is 0.660. The third-order valence-corrected chi connectivity index (χ3v) is 10.3. The van der Waals surface area contributed by atoms with Crippen LogP contribution in [0.1, 0.15) is 201 Å². The zero-order valence-electron chi connectivity index (χ0n) is 38.1. The Hall–Kier alpha value is -3.22. The molecule has 0 aromatic carbocycles. The van der Waals surface area contributed by atoms with Crippen LogP contribution in [0.3, 0.4) is 0 Å². The highest BCUT2D eigenvalue weighted by molar-refractivity contribution is 5.77. The van der Waals surface area contributed by atoms with E-state index in [2.05, 4.69) is 74.7 Å². The highest BCUT2D eigenvalue weighted by atomic mass is 16.5. The Morgan fingerprint density at radius 2 is 1.00 bits per heavy atom. The molecule has 0 aliphatic heterocycles. The van der Waals surface area contributed by atoms with Gasteiger partial charge in [0.05, 0.1) is 25.2 Å². The molecule has 6 heteroatoms. The molecule has 0 aliphatic carbocycles. The topological polar surface area (TPSA) is 95.9 Å². The van der Waals surface area contributed by atoms with E-state index in [4.69, 9.17) is 4.74 Å². The van der Waals surface area contributed by atoms with Crippen molar-refractivity contribution in [3.8, 4) is 0 Å². The van der Waals surface area contributed by atoms with Gasteiger partial charge in [-0.05, 0) is 77.0 Å². The zero-order chi connectivity index (χ0) is 43.1. The second-order valence-electron chi connectivity index (χ2n) is 15.9. The number of hydrogen-bond acceptors (Lipinski definition) is 5. The lowest BCUT2D eigenvalue weighted by Crippen LogP contribution is -2.46. The molecule has 3 N–H and O–H groups in total. The number of aliphatic hydroxyl groups excluding tert-OH is 2. The number of nitrogens with one attached hydrogen (secondary N) is 1. The maximum absolute atomic E-state index is 13.1. The van der Waals surface area contributed by atoms with Crippen LogP contribution < -0.4 is 5.32 Å². The van der Waals surface area contributed by atoms with Gasteiger partial charge in [-0.1, -0.05) is 208 Å². The number of amides is 1. The van der Waals surface area contributed by atoms with E-state index in [0.29, 0.717) is 19.3 Å². The summed E-state index contributed by atoms with van der Waals surface area (Å²) in [6.07, 6.45) is 60.4. The van der Waals surface area contributed by atoms with Crippen LogP contribution in [-0.2, 0) is 14.3 Å². The van der Waals surface area contributed by atoms with Gasteiger partial charge in [0.25, 0.3) is 0 Å². The number of unbranched alkanes of at least 4 members (excludes halogenated alkanes) is 17. The van der Waals surface area contributed by atoms with Gasteiger partial charge >= 0.3 is 5.97 Å². The molecule has 6 nitrogen and oxygen atoms in total. The van der Waals surface area contributed by atoms with Gasteiger partial charge in [0, 0.05) is 6.42 Å². The molecule has 0 fully saturated rings. The summed E-state index contributed by atoms with van der Waals surface area (Å²) in [7, 11) is 0. The quantitative estimate of drug-likeness (QED) is 0.0247. The van der Waals surface area contributed by atoms with Crippen molar-refractivity contribution in [2.75, 3.05) is 6.61 Å². The first-order valence-electron chi connectivity index (χ1n) is 24.0. The molecule has 0 radical (unpaired) electrons. The van der Waals surface area contributed by atoms with Crippen LogP contribution in [0.4, 0.5) is 0 Å². The Labute approximate surface area is 363 Å². The van der Waals surface area contributed by atoms with Gasteiger partial charge in [-0.3, -0.25) is 9.59 Å². The number of rotatable bonds is 41. The summed E-state index contributed by atoms with van der Waals surface area (Å²) in [5.41, 5.74) is 0. The fourth-order valence-electron chi connectivity index (χ4n) is 6.64. The number of carbonyl (C=O) groups excluding carboxylic acids is 2. The predicted molar refractivity (Wildman–Crippen MR) is 254 cm³/mol. The smallest absolute Gasteiger partial charge is 0.306 e. The number of carbonyl (C=O) groups is 2. The SMILES string of the molecule is CC/C=C/C=C/C=C\C=C/C=C/CCCC(CC(=O)NC(CO)C(O)CCCCCCCCCCCC)OC(=O)CCCCCC/C=C\C/C=C\C/C=C\CCCCC. The fourth-order valence-corrected chi connectivity index (χ4v) is 6.64. The van der Waals surface area contributed by atoms with Crippen molar-refractivity contribution >= 4 is 11.9 Å². The summed E-state index contributed by atoms with van der Waals surface area (Å²) >= 11 is 0. The summed E-state index contributed by atoms with van der Waals surface area (Å²) < 4.78 is 5.87. The molecule has 1 amide bonds. The van der Waals surface area contributed by atoms with Crippen LogP contribution in [0.2, 0.25) is 0 Å². The van der Waals surface area contributed by atoms with Gasteiger partial charge in [-0.2, -0.15) is 0 Å². The van der Waals surface area contributed by atoms with E-state index in [9.17, 15) is 19.8 Å². The summed E-state index contributed by atoms with van der Waals surface area (Å²) in [6, 6.07) is -0.733. The third kappa shape index (κ3) is 41.3. The van der Waals surface area contributed by atoms with Crippen molar-refractivity contribution < 1.29 is 24.5 Å². The molecule has 3 unspecified atom stereocenters. The summed E-state index contributed by atoms with van der Waals surface area (Å²) in [5, 5.41) is 23.6. The Kier molecular flexibility index (Phi) is 43.4. The first kappa shape index (κ1) is 55.8. The lowest BCUT2D eigenvalue weighted by molar-refractivity contribution is -0.151. The van der Waals surface area contributed by atoms with Gasteiger partial charge in [0.15, 0.2) is 0 Å². The largest absolute Gasteiger partial charge is 0.462 e. The molecule has 3 atom stereocenters. The van der Waals surface area contributed by atoms with Crippen LogP contribution in [-0.4, -0.2) is 46.9 Å². The van der Waals surface area contributed by atoms with Gasteiger partial charge in [-0.15, -0.1) is 0 Å². The Morgan fingerprint density at radius 3 is 1.59 bits per heavy atom. The molecule has 0 spiro atoms. The first-order chi connectivity index (χ1) is 29.0. The molecule has 0 saturated carbocycles. The van der Waals surface area contributed by atoms with E-state index < -0.39 is 18.2 Å². The molecule has 0 aromatic rings. The number of aliphatic hydroxyl groups is 2. The van der Waals surface area contributed by atoms with E-state index in [1.165, 1.54) is 70.6 Å². The molecule has 0 rings (SSSR count). The van der Waals surface area contributed by atoms with Gasteiger partial charge in [0.1, 0.15) is 6.10 Å². The maximum Gasteiger partial charge on any atom is 0.306 e. The molecule has 59 heavy (non-hydrogen) atoms. The molecule has 0 aromatic heterocycles. The minimum absolute atomic E-state index is 0.0138. The molecule has 336 valence electrons. The normalized spacial score (nSPS) is 14.2.